The minimum absolute atomic E-state index is 0.0685. The number of carbonyl (C=O) groups excluding carboxylic acids is 1. The van der Waals surface area contributed by atoms with Crippen molar-refractivity contribution in [2.45, 2.75) is 20.3 Å². The first kappa shape index (κ1) is 12.8. The highest BCUT2D eigenvalue weighted by molar-refractivity contribution is 6.33. The van der Waals surface area contributed by atoms with E-state index in [0.717, 1.165) is 11.1 Å². The molecule has 88 valence electrons. The standard InChI is InChI=1S/C12H15ClO3/c1-7-5-9(6-8(2)14)12(16-4)10(13)11(7)15-3/h5H,6H2,1-4H3. The van der Waals surface area contributed by atoms with Crippen LogP contribution in [-0.4, -0.2) is 20.0 Å². The van der Waals surface area contributed by atoms with Gasteiger partial charge in [0.1, 0.15) is 22.3 Å². The lowest BCUT2D eigenvalue weighted by molar-refractivity contribution is -0.116. The summed E-state index contributed by atoms with van der Waals surface area (Å²) in [6.45, 7) is 3.42. The van der Waals surface area contributed by atoms with Gasteiger partial charge in [-0.15, -0.1) is 0 Å². The van der Waals surface area contributed by atoms with E-state index in [1.165, 1.54) is 14.0 Å². The van der Waals surface area contributed by atoms with Crippen LogP contribution in [0.5, 0.6) is 11.5 Å². The fourth-order valence-corrected chi connectivity index (χ4v) is 2.11. The highest BCUT2D eigenvalue weighted by Crippen LogP contribution is 2.39. The molecule has 0 bridgehead atoms. The predicted octanol–water partition coefficient (Wildman–Crippen LogP) is 2.80. The molecule has 0 saturated heterocycles. The molecular weight excluding hydrogens is 228 g/mol. The SMILES string of the molecule is COc1c(C)cc(CC(C)=O)c(OC)c1Cl. The second-order valence-corrected chi connectivity index (χ2v) is 3.99. The van der Waals surface area contributed by atoms with Gasteiger partial charge in [0.25, 0.3) is 0 Å². The van der Waals surface area contributed by atoms with Crippen LogP contribution in [0.25, 0.3) is 0 Å². The molecule has 3 nitrogen and oxygen atoms in total. The average molecular weight is 243 g/mol. The zero-order valence-corrected chi connectivity index (χ0v) is 10.6. The molecule has 0 amide bonds. The Hall–Kier alpha value is -1.22. The van der Waals surface area contributed by atoms with Crippen molar-refractivity contribution in [1.82, 2.24) is 0 Å². The van der Waals surface area contributed by atoms with E-state index >= 15 is 0 Å². The van der Waals surface area contributed by atoms with Gasteiger partial charge >= 0.3 is 0 Å². The number of aryl methyl sites for hydroxylation is 1. The Kier molecular flexibility index (Phi) is 4.19. The van der Waals surface area contributed by atoms with E-state index in [9.17, 15) is 4.79 Å². The number of methoxy groups -OCH3 is 2. The van der Waals surface area contributed by atoms with Crippen molar-refractivity contribution in [3.8, 4) is 11.5 Å². The van der Waals surface area contributed by atoms with Crippen LogP contribution in [0.2, 0.25) is 5.02 Å². The van der Waals surface area contributed by atoms with E-state index in [1.54, 1.807) is 7.11 Å². The van der Waals surface area contributed by atoms with Gasteiger partial charge in [0, 0.05) is 12.0 Å². The Bertz CT molecular complexity index is 413. The second kappa shape index (κ2) is 5.21. The summed E-state index contributed by atoms with van der Waals surface area (Å²) < 4.78 is 10.4. The monoisotopic (exact) mass is 242 g/mol. The molecule has 0 saturated carbocycles. The van der Waals surface area contributed by atoms with Crippen LogP contribution in [0.3, 0.4) is 0 Å². The number of halogens is 1. The summed E-state index contributed by atoms with van der Waals surface area (Å²) in [5, 5.41) is 0.418. The minimum Gasteiger partial charge on any atom is -0.495 e. The first-order valence-electron chi connectivity index (χ1n) is 4.90. The van der Waals surface area contributed by atoms with Crippen molar-refractivity contribution < 1.29 is 14.3 Å². The van der Waals surface area contributed by atoms with Gasteiger partial charge in [0.05, 0.1) is 14.2 Å². The lowest BCUT2D eigenvalue weighted by atomic mass is 10.0. The Morgan fingerprint density at radius 2 is 1.88 bits per heavy atom. The lowest BCUT2D eigenvalue weighted by Gasteiger charge is -2.14. The molecule has 0 heterocycles. The number of ether oxygens (including phenoxy) is 2. The molecule has 0 aliphatic heterocycles. The van der Waals surface area contributed by atoms with Crippen LogP contribution in [0.15, 0.2) is 6.07 Å². The maximum atomic E-state index is 11.1. The minimum atomic E-state index is 0.0685. The van der Waals surface area contributed by atoms with Crippen molar-refractivity contribution >= 4 is 17.4 Å². The second-order valence-electron chi connectivity index (χ2n) is 3.61. The third-order valence-electron chi connectivity index (χ3n) is 2.29. The summed E-state index contributed by atoms with van der Waals surface area (Å²) in [7, 11) is 3.08. The fourth-order valence-electron chi connectivity index (χ4n) is 1.68. The zero-order chi connectivity index (χ0) is 12.3. The lowest BCUT2D eigenvalue weighted by Crippen LogP contribution is -2.02. The smallest absolute Gasteiger partial charge is 0.144 e. The van der Waals surface area contributed by atoms with Gasteiger partial charge in [-0.1, -0.05) is 11.6 Å². The maximum absolute atomic E-state index is 11.1. The van der Waals surface area contributed by atoms with Gasteiger partial charge in [-0.25, -0.2) is 0 Å². The molecule has 0 aliphatic carbocycles. The Morgan fingerprint density at radius 3 is 2.31 bits per heavy atom. The van der Waals surface area contributed by atoms with Gasteiger partial charge < -0.3 is 9.47 Å². The summed E-state index contributed by atoms with van der Waals surface area (Å²) in [6.07, 6.45) is 0.313. The first-order chi connectivity index (χ1) is 7.51. The highest BCUT2D eigenvalue weighted by atomic mass is 35.5. The summed E-state index contributed by atoms with van der Waals surface area (Å²) >= 11 is 6.14. The molecule has 0 radical (unpaired) electrons. The highest BCUT2D eigenvalue weighted by Gasteiger charge is 2.16. The molecule has 0 fully saturated rings. The number of ketones is 1. The van der Waals surface area contributed by atoms with Crippen molar-refractivity contribution in [1.29, 1.82) is 0 Å². The summed E-state index contributed by atoms with van der Waals surface area (Å²) in [4.78, 5) is 11.1. The number of hydrogen-bond acceptors (Lipinski definition) is 3. The average Bonchev–Trinajstić information content (AvgIpc) is 2.17. The van der Waals surface area contributed by atoms with Crippen molar-refractivity contribution in [3.63, 3.8) is 0 Å². The molecule has 0 spiro atoms. The van der Waals surface area contributed by atoms with Crippen LogP contribution in [0.4, 0.5) is 0 Å². The van der Waals surface area contributed by atoms with Gasteiger partial charge in [0.2, 0.25) is 0 Å². The van der Waals surface area contributed by atoms with Gasteiger partial charge in [-0.3, -0.25) is 4.79 Å². The van der Waals surface area contributed by atoms with E-state index < -0.39 is 0 Å². The number of carbonyl (C=O) groups is 1. The van der Waals surface area contributed by atoms with E-state index in [4.69, 9.17) is 21.1 Å². The molecule has 16 heavy (non-hydrogen) atoms. The normalized spacial score (nSPS) is 10.1. The third-order valence-corrected chi connectivity index (χ3v) is 2.63. The molecular formula is C12H15ClO3. The molecule has 0 aromatic heterocycles. The Morgan fingerprint density at radius 1 is 1.31 bits per heavy atom. The maximum Gasteiger partial charge on any atom is 0.144 e. The molecule has 0 atom stereocenters. The van der Waals surface area contributed by atoms with Crippen LogP contribution in [-0.2, 0) is 11.2 Å². The number of hydrogen-bond donors (Lipinski definition) is 0. The van der Waals surface area contributed by atoms with Gasteiger partial charge in [-0.2, -0.15) is 0 Å². The van der Waals surface area contributed by atoms with Gasteiger partial charge in [0.15, 0.2) is 0 Å². The largest absolute Gasteiger partial charge is 0.495 e. The predicted molar refractivity (Wildman–Crippen MR) is 63.7 cm³/mol. The van der Waals surface area contributed by atoms with Crippen LogP contribution < -0.4 is 9.47 Å². The number of Topliss-reactive ketones (excluding diaryl/α,β-unsaturated/α-hetero) is 1. The van der Waals surface area contributed by atoms with Crippen LogP contribution in [0.1, 0.15) is 18.1 Å². The van der Waals surface area contributed by atoms with Crippen molar-refractivity contribution in [2.24, 2.45) is 0 Å². The fraction of sp³-hybridized carbons (Fsp3) is 0.417. The van der Waals surface area contributed by atoms with Crippen molar-refractivity contribution in [3.05, 3.63) is 22.2 Å². The van der Waals surface area contributed by atoms with Crippen LogP contribution >= 0.6 is 11.6 Å². The summed E-state index contributed by atoms with van der Waals surface area (Å²) in [5.41, 5.74) is 1.68. The molecule has 0 aliphatic rings. The Labute approximate surface area is 100 Å². The number of rotatable bonds is 4. The van der Waals surface area contributed by atoms with Crippen LogP contribution in [0, 0.1) is 6.92 Å². The van der Waals surface area contributed by atoms with E-state index in [-0.39, 0.29) is 5.78 Å². The van der Waals surface area contributed by atoms with Crippen molar-refractivity contribution in [2.75, 3.05) is 14.2 Å². The summed E-state index contributed by atoms with van der Waals surface area (Å²) in [5.74, 6) is 1.17. The molecule has 1 aromatic rings. The van der Waals surface area contributed by atoms with E-state index in [1.807, 2.05) is 13.0 Å². The molecule has 0 unspecified atom stereocenters. The molecule has 0 N–H and O–H groups in total. The third kappa shape index (κ3) is 2.47. The zero-order valence-electron chi connectivity index (χ0n) is 9.89. The molecule has 4 heteroatoms. The quantitative estimate of drug-likeness (QED) is 0.815. The first-order valence-corrected chi connectivity index (χ1v) is 5.28. The Balaban J connectivity index is 3.34. The summed E-state index contributed by atoms with van der Waals surface area (Å²) in [6, 6.07) is 1.87. The molecule has 1 rings (SSSR count). The van der Waals surface area contributed by atoms with Gasteiger partial charge in [-0.05, 0) is 25.5 Å². The van der Waals surface area contributed by atoms with E-state index in [0.29, 0.717) is 22.9 Å². The number of benzene rings is 1. The topological polar surface area (TPSA) is 35.5 Å². The van der Waals surface area contributed by atoms with E-state index in [2.05, 4.69) is 0 Å². The molecule has 1 aromatic carbocycles.